The van der Waals surface area contributed by atoms with Crippen molar-refractivity contribution in [1.82, 2.24) is 8.96 Å². The molecule has 120 valence electrons. The molecule has 0 aliphatic carbocycles. The lowest BCUT2D eigenvalue weighted by Crippen LogP contribution is -2.23. The van der Waals surface area contributed by atoms with Gasteiger partial charge in [0.25, 0.3) is 0 Å². The summed E-state index contributed by atoms with van der Waals surface area (Å²) in [6.07, 6.45) is 1.91. The van der Waals surface area contributed by atoms with Crippen LogP contribution >= 0.6 is 11.9 Å². The van der Waals surface area contributed by atoms with Gasteiger partial charge in [0.05, 0.1) is 11.0 Å². The van der Waals surface area contributed by atoms with Gasteiger partial charge in [-0.05, 0) is 41.6 Å². The van der Waals surface area contributed by atoms with Crippen LogP contribution in [0.1, 0.15) is 19.4 Å². The minimum Gasteiger partial charge on any atom is -0.374 e. The average molecular weight is 325 g/mol. The predicted octanol–water partition coefficient (Wildman–Crippen LogP) is 4.83. The fourth-order valence-electron chi connectivity index (χ4n) is 2.83. The van der Waals surface area contributed by atoms with E-state index in [0.29, 0.717) is 5.92 Å². The Balaban J connectivity index is 1.78. The Morgan fingerprint density at radius 3 is 2.65 bits per heavy atom. The molecule has 1 heterocycles. The third kappa shape index (κ3) is 3.70. The standard InChI is InChI=1S/C19H23N3S/c1-15(2)12-21(3)18-10-6-4-8-16(18)13-23-22-14-20-17-9-5-7-11-19(17)22/h4-11,14-15H,12-13H2,1-3H3. The van der Waals surface area contributed by atoms with Crippen molar-refractivity contribution in [2.75, 3.05) is 18.5 Å². The monoisotopic (exact) mass is 325 g/mol. The Hall–Kier alpha value is -1.94. The lowest BCUT2D eigenvalue weighted by atomic mass is 10.1. The zero-order valence-corrected chi connectivity index (χ0v) is 14.8. The zero-order valence-electron chi connectivity index (χ0n) is 13.9. The summed E-state index contributed by atoms with van der Waals surface area (Å²) in [6, 6.07) is 16.9. The van der Waals surface area contributed by atoms with Crippen molar-refractivity contribution in [2.45, 2.75) is 19.6 Å². The number of nitrogens with zero attached hydrogens (tertiary/aromatic N) is 3. The molecule has 3 aromatic rings. The molecule has 3 nitrogen and oxygen atoms in total. The van der Waals surface area contributed by atoms with Crippen LogP contribution in [0.3, 0.4) is 0 Å². The maximum absolute atomic E-state index is 4.46. The molecule has 2 aromatic carbocycles. The van der Waals surface area contributed by atoms with E-state index >= 15 is 0 Å². The molecule has 0 saturated heterocycles. The second-order valence-corrected chi connectivity index (χ2v) is 7.18. The molecule has 0 aliphatic heterocycles. The summed E-state index contributed by atoms with van der Waals surface area (Å²) >= 11 is 1.79. The second kappa shape index (κ2) is 7.09. The molecule has 0 atom stereocenters. The van der Waals surface area contributed by atoms with Gasteiger partial charge >= 0.3 is 0 Å². The Kier molecular flexibility index (Phi) is 4.91. The van der Waals surface area contributed by atoms with Crippen molar-refractivity contribution < 1.29 is 0 Å². The lowest BCUT2D eigenvalue weighted by Gasteiger charge is -2.24. The van der Waals surface area contributed by atoms with Crippen LogP contribution < -0.4 is 4.90 Å². The minimum absolute atomic E-state index is 0.651. The van der Waals surface area contributed by atoms with Crippen molar-refractivity contribution >= 4 is 28.7 Å². The molecule has 0 amide bonds. The van der Waals surface area contributed by atoms with Crippen molar-refractivity contribution in [3.05, 3.63) is 60.4 Å². The van der Waals surface area contributed by atoms with E-state index in [-0.39, 0.29) is 0 Å². The smallest absolute Gasteiger partial charge is 0.106 e. The third-order valence-electron chi connectivity index (χ3n) is 3.82. The molecule has 0 radical (unpaired) electrons. The van der Waals surface area contributed by atoms with Crippen molar-refractivity contribution in [3.63, 3.8) is 0 Å². The average Bonchev–Trinajstić information content (AvgIpc) is 2.96. The van der Waals surface area contributed by atoms with Gasteiger partial charge in [-0.3, -0.25) is 3.97 Å². The Labute approximate surface area is 142 Å². The first-order chi connectivity index (χ1) is 11.1. The summed E-state index contributed by atoms with van der Waals surface area (Å²) < 4.78 is 2.16. The van der Waals surface area contributed by atoms with Crippen LogP contribution in [0.25, 0.3) is 11.0 Å². The van der Waals surface area contributed by atoms with Gasteiger partial charge in [-0.15, -0.1) is 0 Å². The zero-order chi connectivity index (χ0) is 16.2. The maximum atomic E-state index is 4.46. The molecule has 0 aliphatic rings. The first kappa shape index (κ1) is 15.9. The van der Waals surface area contributed by atoms with Crippen molar-refractivity contribution in [1.29, 1.82) is 0 Å². The van der Waals surface area contributed by atoms with E-state index in [1.165, 1.54) is 16.8 Å². The number of rotatable bonds is 6. The number of imidazole rings is 1. The molecule has 1 aromatic heterocycles. The summed E-state index contributed by atoms with van der Waals surface area (Å²) in [6.45, 7) is 5.58. The molecule has 23 heavy (non-hydrogen) atoms. The summed E-state index contributed by atoms with van der Waals surface area (Å²) in [7, 11) is 2.18. The van der Waals surface area contributed by atoms with Crippen LogP contribution in [0.15, 0.2) is 54.9 Å². The minimum atomic E-state index is 0.651. The molecule has 0 fully saturated rings. The summed E-state index contributed by atoms with van der Waals surface area (Å²) in [4.78, 5) is 6.81. The first-order valence-corrected chi connectivity index (χ1v) is 8.94. The quantitative estimate of drug-likeness (QED) is 0.648. The SMILES string of the molecule is CC(C)CN(C)c1ccccc1CSn1cnc2ccccc21. The van der Waals surface area contributed by atoms with Crippen molar-refractivity contribution in [2.24, 2.45) is 5.92 Å². The Morgan fingerprint density at radius 1 is 1.09 bits per heavy atom. The number of fused-ring (bicyclic) bond motifs is 1. The van der Waals surface area contributed by atoms with E-state index in [2.05, 4.69) is 77.2 Å². The van der Waals surface area contributed by atoms with Crippen LogP contribution in [0, 0.1) is 5.92 Å². The van der Waals surface area contributed by atoms with Gasteiger partial charge in [0.1, 0.15) is 6.33 Å². The van der Waals surface area contributed by atoms with Gasteiger partial charge in [-0.1, -0.05) is 44.2 Å². The van der Waals surface area contributed by atoms with E-state index in [1.807, 2.05) is 12.4 Å². The van der Waals surface area contributed by atoms with Crippen LogP contribution in [-0.4, -0.2) is 22.5 Å². The molecule has 0 bridgehead atoms. The highest BCUT2D eigenvalue weighted by Gasteiger charge is 2.10. The number of aromatic nitrogens is 2. The van der Waals surface area contributed by atoms with Crippen LogP contribution in [0.2, 0.25) is 0 Å². The number of benzene rings is 2. The predicted molar refractivity (Wildman–Crippen MR) is 101 cm³/mol. The van der Waals surface area contributed by atoms with Gasteiger partial charge in [0.15, 0.2) is 0 Å². The molecule has 3 rings (SSSR count). The van der Waals surface area contributed by atoms with E-state index in [4.69, 9.17) is 0 Å². The summed E-state index contributed by atoms with van der Waals surface area (Å²) in [5.74, 6) is 1.58. The fourth-order valence-corrected chi connectivity index (χ4v) is 3.76. The van der Waals surface area contributed by atoms with Gasteiger partial charge in [-0.2, -0.15) is 0 Å². The molecular formula is C19H23N3S. The largest absolute Gasteiger partial charge is 0.374 e. The summed E-state index contributed by atoms with van der Waals surface area (Å²) in [5, 5.41) is 0. The van der Waals surface area contributed by atoms with Gasteiger partial charge in [-0.25, -0.2) is 4.98 Å². The van der Waals surface area contributed by atoms with Crippen LogP contribution in [-0.2, 0) is 5.75 Å². The maximum Gasteiger partial charge on any atom is 0.106 e. The highest BCUT2D eigenvalue weighted by atomic mass is 32.2. The lowest BCUT2D eigenvalue weighted by molar-refractivity contribution is 0.637. The van der Waals surface area contributed by atoms with Crippen LogP contribution in [0.5, 0.6) is 0 Å². The van der Waals surface area contributed by atoms with E-state index in [9.17, 15) is 0 Å². The van der Waals surface area contributed by atoms with Gasteiger partial charge in [0, 0.05) is 25.0 Å². The first-order valence-electron chi connectivity index (χ1n) is 7.99. The number of para-hydroxylation sites is 3. The Bertz CT molecular complexity index is 779. The molecule has 0 saturated carbocycles. The number of anilines is 1. The topological polar surface area (TPSA) is 21.1 Å². The summed E-state index contributed by atoms with van der Waals surface area (Å²) in [5.41, 5.74) is 4.90. The van der Waals surface area contributed by atoms with Gasteiger partial charge < -0.3 is 4.90 Å². The van der Waals surface area contributed by atoms with Gasteiger partial charge in [0.2, 0.25) is 0 Å². The van der Waals surface area contributed by atoms with E-state index < -0.39 is 0 Å². The number of hydrogen-bond donors (Lipinski definition) is 0. The van der Waals surface area contributed by atoms with Crippen LogP contribution in [0.4, 0.5) is 5.69 Å². The highest BCUT2D eigenvalue weighted by molar-refractivity contribution is 7.97. The molecule has 0 N–H and O–H groups in total. The molecule has 0 spiro atoms. The molecular weight excluding hydrogens is 302 g/mol. The van der Waals surface area contributed by atoms with E-state index in [0.717, 1.165) is 17.8 Å². The fraction of sp³-hybridized carbons (Fsp3) is 0.316. The molecule has 0 unspecified atom stereocenters. The number of hydrogen-bond acceptors (Lipinski definition) is 3. The third-order valence-corrected chi connectivity index (χ3v) is 4.83. The van der Waals surface area contributed by atoms with E-state index in [1.54, 1.807) is 11.9 Å². The molecule has 4 heteroatoms. The normalized spacial score (nSPS) is 11.3. The van der Waals surface area contributed by atoms with Crippen molar-refractivity contribution in [3.8, 4) is 0 Å². The second-order valence-electron chi connectivity index (χ2n) is 6.24. The highest BCUT2D eigenvalue weighted by Crippen LogP contribution is 2.27. The Morgan fingerprint density at radius 2 is 1.83 bits per heavy atom.